The van der Waals surface area contributed by atoms with Gasteiger partial charge in [0.15, 0.2) is 5.78 Å². The normalized spacial score (nSPS) is 16.7. The Morgan fingerprint density at radius 2 is 1.79 bits per heavy atom. The van der Waals surface area contributed by atoms with E-state index < -0.39 is 0 Å². The maximum atomic E-state index is 12.5. The van der Waals surface area contributed by atoms with Gasteiger partial charge in [-0.3, -0.25) is 9.69 Å². The van der Waals surface area contributed by atoms with Gasteiger partial charge in [-0.05, 0) is 64.6 Å². The first kappa shape index (κ1) is 14.3. The van der Waals surface area contributed by atoms with Gasteiger partial charge in [-0.15, -0.1) is 0 Å². The van der Waals surface area contributed by atoms with Crippen LogP contribution in [0.3, 0.4) is 0 Å². The summed E-state index contributed by atoms with van der Waals surface area (Å²) in [6.07, 6.45) is 2.64. The van der Waals surface area contributed by atoms with Crippen LogP contribution in [0.4, 0.5) is 0 Å². The average molecular weight is 259 g/mol. The molecule has 1 atom stereocenters. The summed E-state index contributed by atoms with van der Waals surface area (Å²) in [5.74, 6) is 1.06. The van der Waals surface area contributed by atoms with Gasteiger partial charge in [0, 0.05) is 11.6 Å². The molecule has 104 valence electrons. The fraction of sp³-hybridized carbons (Fsp3) is 0.588. The third kappa shape index (κ3) is 3.24. The van der Waals surface area contributed by atoms with Crippen molar-refractivity contribution >= 4 is 5.78 Å². The minimum absolute atomic E-state index is 0.255. The summed E-state index contributed by atoms with van der Waals surface area (Å²) < 4.78 is 0. The maximum Gasteiger partial charge on any atom is 0.177 e. The molecule has 0 radical (unpaired) electrons. The zero-order chi connectivity index (χ0) is 14.2. The molecule has 1 aliphatic carbocycles. The van der Waals surface area contributed by atoms with Crippen LogP contribution in [0.25, 0.3) is 0 Å². The van der Waals surface area contributed by atoms with Crippen molar-refractivity contribution in [2.45, 2.75) is 46.6 Å². The highest BCUT2D eigenvalue weighted by atomic mass is 16.1. The summed E-state index contributed by atoms with van der Waals surface area (Å²) in [5.41, 5.74) is 4.36. The molecule has 1 aromatic rings. The molecule has 1 fully saturated rings. The number of carbonyl (C=O) groups is 1. The number of rotatable bonds is 5. The predicted octanol–water partition coefficient (Wildman–Crippen LogP) is 3.52. The van der Waals surface area contributed by atoms with Gasteiger partial charge in [0.2, 0.25) is 0 Å². The number of nitrogens with zero attached hydrogens (tertiary/aromatic N) is 1. The Labute approximate surface area is 116 Å². The molecule has 1 aromatic carbocycles. The standard InChI is InChI=1S/C17H25NO/c1-11-8-12(2)17(13(3)9-11)16(19)10-18(5)14(4)15-6-7-15/h8-9,14-15H,6-7,10H2,1-5H3. The smallest absolute Gasteiger partial charge is 0.177 e. The van der Waals surface area contributed by atoms with Crippen molar-refractivity contribution in [3.63, 3.8) is 0 Å². The van der Waals surface area contributed by atoms with Crippen LogP contribution < -0.4 is 0 Å². The second-order valence-electron chi connectivity index (χ2n) is 6.19. The predicted molar refractivity (Wildman–Crippen MR) is 79.8 cm³/mol. The molecule has 0 bridgehead atoms. The molecular weight excluding hydrogens is 234 g/mol. The lowest BCUT2D eigenvalue weighted by molar-refractivity contribution is 0.0916. The fourth-order valence-corrected chi connectivity index (χ4v) is 3.01. The van der Waals surface area contributed by atoms with Crippen LogP contribution in [0.2, 0.25) is 0 Å². The first-order valence-electron chi connectivity index (χ1n) is 7.21. The highest BCUT2D eigenvalue weighted by molar-refractivity contribution is 6.00. The van der Waals surface area contributed by atoms with Crippen molar-refractivity contribution < 1.29 is 4.79 Å². The van der Waals surface area contributed by atoms with Crippen LogP contribution in [0.15, 0.2) is 12.1 Å². The molecule has 1 saturated carbocycles. The van der Waals surface area contributed by atoms with Crippen molar-refractivity contribution in [1.82, 2.24) is 4.90 Å². The van der Waals surface area contributed by atoms with Gasteiger partial charge < -0.3 is 0 Å². The van der Waals surface area contributed by atoms with Gasteiger partial charge >= 0.3 is 0 Å². The first-order chi connectivity index (χ1) is 8.90. The minimum Gasteiger partial charge on any atom is -0.296 e. The second-order valence-corrected chi connectivity index (χ2v) is 6.19. The molecule has 2 rings (SSSR count). The zero-order valence-corrected chi connectivity index (χ0v) is 12.8. The molecule has 0 heterocycles. The molecule has 2 nitrogen and oxygen atoms in total. The fourth-order valence-electron chi connectivity index (χ4n) is 3.01. The summed E-state index contributed by atoms with van der Waals surface area (Å²) in [7, 11) is 2.07. The Morgan fingerprint density at radius 3 is 2.26 bits per heavy atom. The van der Waals surface area contributed by atoms with Gasteiger partial charge in [-0.1, -0.05) is 17.7 Å². The molecule has 0 aliphatic heterocycles. The molecule has 0 saturated heterocycles. The Hall–Kier alpha value is -1.15. The summed E-state index contributed by atoms with van der Waals surface area (Å²) in [5, 5.41) is 0. The van der Waals surface area contributed by atoms with Gasteiger partial charge in [-0.25, -0.2) is 0 Å². The quantitative estimate of drug-likeness (QED) is 0.754. The third-order valence-corrected chi connectivity index (χ3v) is 4.35. The Balaban J connectivity index is 2.11. The monoisotopic (exact) mass is 259 g/mol. The molecule has 0 aromatic heterocycles. The molecule has 2 heteroatoms. The van der Waals surface area contributed by atoms with E-state index in [0.717, 1.165) is 22.6 Å². The number of Topliss-reactive ketones (excluding diaryl/α,β-unsaturated/α-hetero) is 1. The van der Waals surface area contributed by atoms with E-state index in [1.54, 1.807) is 0 Å². The summed E-state index contributed by atoms with van der Waals surface area (Å²) in [6, 6.07) is 4.73. The van der Waals surface area contributed by atoms with E-state index in [0.29, 0.717) is 12.6 Å². The van der Waals surface area contributed by atoms with Crippen molar-refractivity contribution in [1.29, 1.82) is 0 Å². The lowest BCUT2D eigenvalue weighted by Gasteiger charge is -2.24. The van der Waals surface area contributed by atoms with Gasteiger partial charge in [0.25, 0.3) is 0 Å². The molecule has 0 spiro atoms. The Morgan fingerprint density at radius 1 is 1.26 bits per heavy atom. The van der Waals surface area contributed by atoms with E-state index in [4.69, 9.17) is 0 Å². The summed E-state index contributed by atoms with van der Waals surface area (Å²) >= 11 is 0. The lowest BCUT2D eigenvalue weighted by atomic mass is 9.96. The largest absolute Gasteiger partial charge is 0.296 e. The molecule has 1 aliphatic rings. The van der Waals surface area contributed by atoms with Gasteiger partial charge in [0.05, 0.1) is 6.54 Å². The Kier molecular flexibility index (Phi) is 4.10. The van der Waals surface area contributed by atoms with E-state index >= 15 is 0 Å². The van der Waals surface area contributed by atoms with E-state index in [2.05, 4.69) is 37.9 Å². The average Bonchev–Trinajstić information content (AvgIpc) is 3.09. The lowest BCUT2D eigenvalue weighted by Crippen LogP contribution is -2.35. The number of carbonyl (C=O) groups excluding carboxylic acids is 1. The SMILES string of the molecule is Cc1cc(C)c(C(=O)CN(C)C(C)C2CC2)c(C)c1. The first-order valence-corrected chi connectivity index (χ1v) is 7.21. The van der Waals surface area contributed by atoms with Crippen molar-refractivity contribution in [3.8, 4) is 0 Å². The van der Waals surface area contributed by atoms with E-state index in [1.807, 2.05) is 13.8 Å². The maximum absolute atomic E-state index is 12.5. The van der Waals surface area contributed by atoms with E-state index in [-0.39, 0.29) is 5.78 Å². The number of ketones is 1. The molecule has 19 heavy (non-hydrogen) atoms. The van der Waals surface area contributed by atoms with Crippen LogP contribution in [-0.4, -0.2) is 30.3 Å². The molecule has 0 amide bonds. The van der Waals surface area contributed by atoms with Crippen LogP contribution in [-0.2, 0) is 0 Å². The Bertz CT molecular complexity index is 465. The van der Waals surface area contributed by atoms with Crippen molar-refractivity contribution in [2.75, 3.05) is 13.6 Å². The number of hydrogen-bond donors (Lipinski definition) is 0. The van der Waals surface area contributed by atoms with Crippen LogP contribution in [0.1, 0.15) is 46.8 Å². The molecule has 0 N–H and O–H groups in total. The highest BCUT2D eigenvalue weighted by Gasteiger charge is 2.31. The van der Waals surface area contributed by atoms with Crippen LogP contribution in [0.5, 0.6) is 0 Å². The van der Waals surface area contributed by atoms with Gasteiger partial charge in [-0.2, -0.15) is 0 Å². The van der Waals surface area contributed by atoms with Crippen molar-refractivity contribution in [2.24, 2.45) is 5.92 Å². The number of likely N-dealkylation sites (N-methyl/N-ethyl adjacent to an activating group) is 1. The minimum atomic E-state index is 0.255. The van der Waals surface area contributed by atoms with E-state index in [1.165, 1.54) is 18.4 Å². The number of hydrogen-bond acceptors (Lipinski definition) is 2. The topological polar surface area (TPSA) is 20.3 Å². The van der Waals surface area contributed by atoms with E-state index in [9.17, 15) is 4.79 Å². The third-order valence-electron chi connectivity index (χ3n) is 4.35. The molecular formula is C17H25NO. The summed E-state index contributed by atoms with van der Waals surface area (Å²) in [4.78, 5) is 14.7. The second kappa shape index (κ2) is 5.46. The summed E-state index contributed by atoms with van der Waals surface area (Å²) in [6.45, 7) is 8.92. The van der Waals surface area contributed by atoms with Crippen molar-refractivity contribution in [3.05, 3.63) is 34.4 Å². The molecule has 1 unspecified atom stereocenters. The zero-order valence-electron chi connectivity index (χ0n) is 12.8. The highest BCUT2D eigenvalue weighted by Crippen LogP contribution is 2.34. The number of aryl methyl sites for hydroxylation is 3. The van der Waals surface area contributed by atoms with Gasteiger partial charge in [0.1, 0.15) is 0 Å². The van der Waals surface area contributed by atoms with Crippen LogP contribution in [0, 0.1) is 26.7 Å². The number of benzene rings is 1. The van der Waals surface area contributed by atoms with Crippen LogP contribution >= 0.6 is 0 Å².